The van der Waals surface area contributed by atoms with Gasteiger partial charge in [0.15, 0.2) is 5.78 Å². The monoisotopic (exact) mass is 319 g/mol. The first-order valence-corrected chi connectivity index (χ1v) is 7.19. The van der Waals surface area contributed by atoms with Crippen LogP contribution in [-0.4, -0.2) is 20.3 Å². The van der Waals surface area contributed by atoms with Crippen LogP contribution in [-0.2, 0) is 0 Å². The van der Waals surface area contributed by atoms with Gasteiger partial charge in [-0.15, -0.1) is 0 Å². The molecule has 24 heavy (non-hydrogen) atoms. The smallest absolute Gasteiger partial charge is 0.276 e. The predicted octanol–water partition coefficient (Wildman–Crippen LogP) is 3.68. The minimum atomic E-state index is -0.468. The second-order valence-electron chi connectivity index (χ2n) is 5.03. The van der Waals surface area contributed by atoms with Crippen LogP contribution in [0.25, 0.3) is 11.8 Å². The molecule has 1 heterocycles. The van der Waals surface area contributed by atoms with Crippen LogP contribution in [0.4, 0.5) is 5.69 Å². The molecule has 0 unspecified atom stereocenters. The van der Waals surface area contributed by atoms with E-state index >= 15 is 0 Å². The average molecular weight is 319 g/mol. The zero-order chi connectivity index (χ0) is 16.9. The van der Waals surface area contributed by atoms with E-state index in [1.165, 1.54) is 18.2 Å². The van der Waals surface area contributed by atoms with Crippen LogP contribution in [0.2, 0.25) is 0 Å². The molecule has 0 fully saturated rings. The summed E-state index contributed by atoms with van der Waals surface area (Å²) in [5.41, 5.74) is 1.77. The first-order chi connectivity index (χ1) is 11.6. The number of benzene rings is 2. The molecule has 0 atom stereocenters. The van der Waals surface area contributed by atoms with Gasteiger partial charge in [0, 0.05) is 29.7 Å². The summed E-state index contributed by atoms with van der Waals surface area (Å²) in [5.74, 6) is -0.217. The highest BCUT2D eigenvalue weighted by Crippen LogP contribution is 2.19. The van der Waals surface area contributed by atoms with Gasteiger partial charge in [0.25, 0.3) is 5.69 Å². The van der Waals surface area contributed by atoms with Crippen molar-refractivity contribution in [1.82, 2.24) is 9.55 Å². The van der Waals surface area contributed by atoms with Gasteiger partial charge >= 0.3 is 0 Å². The Morgan fingerprint density at radius 3 is 2.54 bits per heavy atom. The van der Waals surface area contributed by atoms with Gasteiger partial charge in [-0.25, -0.2) is 4.98 Å². The molecule has 0 saturated heterocycles. The highest BCUT2D eigenvalue weighted by molar-refractivity contribution is 6.07. The van der Waals surface area contributed by atoms with Gasteiger partial charge in [-0.1, -0.05) is 12.1 Å². The Bertz CT molecular complexity index is 898. The second kappa shape index (κ2) is 6.70. The molecule has 0 radical (unpaired) electrons. The molecule has 6 heteroatoms. The number of nitro groups is 1. The summed E-state index contributed by atoms with van der Waals surface area (Å²) in [7, 11) is 0. The third-order valence-electron chi connectivity index (χ3n) is 3.50. The molecule has 0 aliphatic carbocycles. The highest BCUT2D eigenvalue weighted by atomic mass is 16.6. The summed E-state index contributed by atoms with van der Waals surface area (Å²) in [6, 6.07) is 13.3. The van der Waals surface area contributed by atoms with E-state index in [9.17, 15) is 14.9 Å². The predicted molar refractivity (Wildman–Crippen MR) is 90.0 cm³/mol. The van der Waals surface area contributed by atoms with Crippen molar-refractivity contribution >= 4 is 17.5 Å². The zero-order valence-corrected chi connectivity index (χ0v) is 12.6. The molecule has 0 saturated carbocycles. The normalized spacial score (nSPS) is 10.8. The Hall–Kier alpha value is -3.54. The minimum Gasteiger partial charge on any atom is -0.306 e. The first-order valence-electron chi connectivity index (χ1n) is 7.19. The fourth-order valence-corrected chi connectivity index (χ4v) is 2.27. The van der Waals surface area contributed by atoms with Gasteiger partial charge in [-0.05, 0) is 42.5 Å². The number of aromatic nitrogens is 2. The van der Waals surface area contributed by atoms with Crippen molar-refractivity contribution in [1.29, 1.82) is 0 Å². The van der Waals surface area contributed by atoms with E-state index in [2.05, 4.69) is 4.98 Å². The number of nitrogens with zero attached hydrogens (tertiary/aromatic N) is 3. The van der Waals surface area contributed by atoms with Crippen molar-refractivity contribution in [2.75, 3.05) is 0 Å². The second-order valence-corrected chi connectivity index (χ2v) is 5.03. The quantitative estimate of drug-likeness (QED) is 0.311. The van der Waals surface area contributed by atoms with E-state index in [-0.39, 0.29) is 11.5 Å². The van der Waals surface area contributed by atoms with Crippen molar-refractivity contribution in [2.45, 2.75) is 0 Å². The van der Waals surface area contributed by atoms with Gasteiger partial charge in [-0.2, -0.15) is 0 Å². The number of hydrogen-bond acceptors (Lipinski definition) is 4. The standard InChI is InChI=1S/C18H13N3O3/c22-18(10-7-14-3-1-2-4-17(14)21(23)24)15-5-8-16(9-6-15)20-12-11-19-13-20/h1-13H/b10-7+. The van der Waals surface area contributed by atoms with Crippen molar-refractivity contribution in [3.8, 4) is 5.69 Å². The Balaban J connectivity index is 1.79. The molecule has 3 rings (SSSR count). The van der Waals surface area contributed by atoms with Crippen LogP contribution >= 0.6 is 0 Å². The van der Waals surface area contributed by atoms with Crippen LogP contribution in [0.3, 0.4) is 0 Å². The minimum absolute atomic E-state index is 0.0306. The summed E-state index contributed by atoms with van der Waals surface area (Å²) in [4.78, 5) is 26.7. The summed E-state index contributed by atoms with van der Waals surface area (Å²) >= 11 is 0. The van der Waals surface area contributed by atoms with E-state index in [1.807, 2.05) is 22.9 Å². The third kappa shape index (κ3) is 3.27. The first kappa shape index (κ1) is 15.4. The van der Waals surface area contributed by atoms with Crippen LogP contribution in [0.5, 0.6) is 0 Å². The maximum absolute atomic E-state index is 12.2. The Labute approximate surface area is 137 Å². The third-order valence-corrected chi connectivity index (χ3v) is 3.50. The number of hydrogen-bond donors (Lipinski definition) is 0. The lowest BCUT2D eigenvalue weighted by Gasteiger charge is -2.02. The Morgan fingerprint density at radius 1 is 1.12 bits per heavy atom. The van der Waals surface area contributed by atoms with Crippen molar-refractivity contribution < 1.29 is 9.72 Å². The van der Waals surface area contributed by atoms with E-state index in [1.54, 1.807) is 42.9 Å². The molecule has 2 aromatic carbocycles. The van der Waals surface area contributed by atoms with Gasteiger partial charge in [0.2, 0.25) is 0 Å². The number of rotatable bonds is 5. The fraction of sp³-hybridized carbons (Fsp3) is 0. The molecular formula is C18H13N3O3. The van der Waals surface area contributed by atoms with E-state index in [0.29, 0.717) is 11.1 Å². The molecule has 0 aliphatic heterocycles. The highest BCUT2D eigenvalue weighted by Gasteiger charge is 2.10. The lowest BCUT2D eigenvalue weighted by molar-refractivity contribution is -0.385. The van der Waals surface area contributed by atoms with Crippen molar-refractivity contribution in [2.24, 2.45) is 0 Å². The van der Waals surface area contributed by atoms with Crippen LogP contribution < -0.4 is 0 Å². The molecule has 0 aliphatic rings. The number of ketones is 1. The maximum atomic E-state index is 12.2. The maximum Gasteiger partial charge on any atom is 0.276 e. The van der Waals surface area contributed by atoms with Gasteiger partial charge < -0.3 is 4.57 Å². The largest absolute Gasteiger partial charge is 0.306 e. The zero-order valence-electron chi connectivity index (χ0n) is 12.6. The summed E-state index contributed by atoms with van der Waals surface area (Å²) in [6.45, 7) is 0. The number of carbonyl (C=O) groups is 1. The summed E-state index contributed by atoms with van der Waals surface area (Å²) < 4.78 is 1.83. The van der Waals surface area contributed by atoms with Crippen LogP contribution in [0.1, 0.15) is 15.9 Å². The van der Waals surface area contributed by atoms with Crippen molar-refractivity contribution in [3.05, 3.63) is 94.6 Å². The fourth-order valence-electron chi connectivity index (χ4n) is 2.27. The Kier molecular flexibility index (Phi) is 4.29. The lowest BCUT2D eigenvalue weighted by Crippen LogP contribution is -1.96. The molecule has 6 nitrogen and oxygen atoms in total. The summed E-state index contributed by atoms with van der Waals surface area (Å²) in [5, 5.41) is 11.0. The molecule has 0 spiro atoms. The topological polar surface area (TPSA) is 78.0 Å². The number of para-hydroxylation sites is 1. The lowest BCUT2D eigenvalue weighted by atomic mass is 10.1. The number of carbonyl (C=O) groups excluding carboxylic acids is 1. The van der Waals surface area contributed by atoms with Gasteiger partial charge in [0.05, 0.1) is 16.8 Å². The van der Waals surface area contributed by atoms with Crippen LogP contribution in [0.15, 0.2) is 73.3 Å². The molecule has 0 amide bonds. The molecule has 0 N–H and O–H groups in total. The van der Waals surface area contributed by atoms with Crippen molar-refractivity contribution in [3.63, 3.8) is 0 Å². The number of imidazole rings is 1. The number of nitro benzene ring substituents is 1. The summed E-state index contributed by atoms with van der Waals surface area (Å²) in [6.07, 6.45) is 7.96. The Morgan fingerprint density at radius 2 is 1.88 bits per heavy atom. The van der Waals surface area contributed by atoms with Crippen LogP contribution in [0, 0.1) is 10.1 Å². The van der Waals surface area contributed by atoms with Gasteiger partial charge in [-0.3, -0.25) is 14.9 Å². The van der Waals surface area contributed by atoms with E-state index < -0.39 is 4.92 Å². The molecule has 118 valence electrons. The molecule has 1 aromatic heterocycles. The van der Waals surface area contributed by atoms with E-state index in [0.717, 1.165) is 5.69 Å². The average Bonchev–Trinajstić information content (AvgIpc) is 3.14. The number of allylic oxidation sites excluding steroid dienone is 1. The van der Waals surface area contributed by atoms with E-state index in [4.69, 9.17) is 0 Å². The van der Waals surface area contributed by atoms with Gasteiger partial charge in [0.1, 0.15) is 0 Å². The molecule has 0 bridgehead atoms. The SMILES string of the molecule is O=C(/C=C/c1ccccc1[N+](=O)[O-])c1ccc(-n2ccnc2)cc1. The molecule has 3 aromatic rings. The molecular weight excluding hydrogens is 306 g/mol.